The van der Waals surface area contributed by atoms with Crippen molar-refractivity contribution in [1.82, 2.24) is 9.88 Å². The van der Waals surface area contributed by atoms with Gasteiger partial charge in [-0.2, -0.15) is 0 Å². The average Bonchev–Trinajstić information content (AvgIpc) is 3.23. The molecule has 0 aliphatic carbocycles. The Morgan fingerprint density at radius 2 is 1.88 bits per heavy atom. The zero-order chi connectivity index (χ0) is 23.1. The fraction of sp³-hybridized carbons (Fsp3) is 0.304. The number of thiazole rings is 1. The van der Waals surface area contributed by atoms with Crippen LogP contribution in [-0.2, 0) is 4.79 Å². The van der Waals surface area contributed by atoms with Crippen molar-refractivity contribution in [2.45, 2.75) is 18.7 Å². The molecule has 0 aliphatic heterocycles. The average molecular weight is 471 g/mol. The molecule has 0 unspecified atom stereocenters. The molecule has 2 aromatic carbocycles. The number of thioether (sulfide) groups is 1. The number of hydrogen-bond donors (Lipinski definition) is 0. The van der Waals surface area contributed by atoms with Gasteiger partial charge >= 0.3 is 0 Å². The number of carbonyl (C=O) groups is 1. The molecule has 7 nitrogen and oxygen atoms in total. The predicted octanol–water partition coefficient (Wildman–Crippen LogP) is 5.31. The quantitative estimate of drug-likeness (QED) is 0.173. The second-order valence-corrected chi connectivity index (χ2v) is 8.92. The standard InChI is InChI=1S/C23H26N4O3S2/c1-4-25(5-2)14-15-26(23-24-20-12-11-19(31-3)16-21(20)32-23)22(28)13-8-17-6-9-18(10-7-17)27(29)30/h6-13,16H,4-5,14-15H2,1-3H3/b13-8+. The zero-order valence-corrected chi connectivity index (χ0v) is 20.0. The summed E-state index contributed by atoms with van der Waals surface area (Å²) in [5.74, 6) is -0.167. The third-order valence-electron chi connectivity index (χ3n) is 5.14. The molecule has 168 valence electrons. The summed E-state index contributed by atoms with van der Waals surface area (Å²) in [5, 5.41) is 11.5. The number of non-ortho nitro benzene ring substituents is 1. The summed E-state index contributed by atoms with van der Waals surface area (Å²) < 4.78 is 1.05. The third-order valence-corrected chi connectivity index (χ3v) is 6.90. The van der Waals surface area contributed by atoms with Crippen LogP contribution in [0.15, 0.2) is 53.4 Å². The molecule has 0 saturated carbocycles. The van der Waals surface area contributed by atoms with Gasteiger partial charge in [0, 0.05) is 36.2 Å². The van der Waals surface area contributed by atoms with Crippen LogP contribution in [0.25, 0.3) is 16.3 Å². The highest BCUT2D eigenvalue weighted by atomic mass is 32.2. The van der Waals surface area contributed by atoms with Crippen LogP contribution in [0, 0.1) is 10.1 Å². The number of anilines is 1. The molecule has 0 fully saturated rings. The molecule has 0 aliphatic rings. The van der Waals surface area contributed by atoms with Crippen LogP contribution in [0.4, 0.5) is 10.8 Å². The molecule has 0 N–H and O–H groups in total. The fourth-order valence-electron chi connectivity index (χ4n) is 3.18. The number of rotatable bonds is 10. The van der Waals surface area contributed by atoms with Gasteiger partial charge in [0.25, 0.3) is 11.6 Å². The minimum atomic E-state index is -0.441. The predicted molar refractivity (Wildman–Crippen MR) is 134 cm³/mol. The number of likely N-dealkylation sites (N-methyl/N-ethyl adjacent to an activating group) is 1. The lowest BCUT2D eigenvalue weighted by Crippen LogP contribution is -2.38. The zero-order valence-electron chi connectivity index (χ0n) is 18.4. The lowest BCUT2D eigenvalue weighted by molar-refractivity contribution is -0.384. The van der Waals surface area contributed by atoms with E-state index in [0.717, 1.165) is 40.3 Å². The van der Waals surface area contributed by atoms with Crippen molar-refractivity contribution in [3.63, 3.8) is 0 Å². The van der Waals surface area contributed by atoms with Gasteiger partial charge in [-0.15, -0.1) is 11.8 Å². The molecule has 0 saturated heterocycles. The summed E-state index contributed by atoms with van der Waals surface area (Å²) >= 11 is 3.18. The molecule has 32 heavy (non-hydrogen) atoms. The van der Waals surface area contributed by atoms with Gasteiger partial charge in [-0.3, -0.25) is 19.8 Å². The monoisotopic (exact) mass is 470 g/mol. The minimum absolute atomic E-state index is 0.0217. The van der Waals surface area contributed by atoms with Gasteiger partial charge in [-0.1, -0.05) is 25.2 Å². The minimum Gasteiger partial charge on any atom is -0.302 e. The van der Waals surface area contributed by atoms with E-state index in [1.54, 1.807) is 34.9 Å². The number of nitro benzene ring substituents is 1. The Morgan fingerprint density at radius 3 is 2.50 bits per heavy atom. The molecular weight excluding hydrogens is 444 g/mol. The normalized spacial score (nSPS) is 11.5. The van der Waals surface area contributed by atoms with Crippen molar-refractivity contribution in [2.75, 3.05) is 37.3 Å². The number of nitro groups is 1. The molecule has 0 radical (unpaired) electrons. The van der Waals surface area contributed by atoms with Gasteiger partial charge in [0.05, 0.1) is 15.1 Å². The van der Waals surface area contributed by atoms with Crippen LogP contribution in [0.5, 0.6) is 0 Å². The third kappa shape index (κ3) is 5.93. The Kier molecular flexibility index (Phi) is 8.38. The van der Waals surface area contributed by atoms with E-state index < -0.39 is 4.92 Å². The molecule has 1 amide bonds. The highest BCUT2D eigenvalue weighted by Gasteiger charge is 2.19. The lowest BCUT2D eigenvalue weighted by Gasteiger charge is -2.23. The van der Waals surface area contributed by atoms with Crippen LogP contribution >= 0.6 is 23.1 Å². The molecular formula is C23H26N4O3S2. The molecule has 0 spiro atoms. The van der Waals surface area contributed by atoms with Crippen LogP contribution in [0.2, 0.25) is 0 Å². The highest BCUT2D eigenvalue weighted by Crippen LogP contribution is 2.31. The van der Waals surface area contributed by atoms with E-state index in [9.17, 15) is 14.9 Å². The highest BCUT2D eigenvalue weighted by molar-refractivity contribution is 7.98. The maximum absolute atomic E-state index is 13.2. The second kappa shape index (κ2) is 11.2. The Bertz CT molecular complexity index is 1110. The summed E-state index contributed by atoms with van der Waals surface area (Å²) in [7, 11) is 0. The van der Waals surface area contributed by atoms with E-state index in [-0.39, 0.29) is 11.6 Å². The molecule has 3 aromatic rings. The number of aromatic nitrogens is 1. The number of carbonyl (C=O) groups excluding carboxylic acids is 1. The largest absolute Gasteiger partial charge is 0.302 e. The first kappa shape index (κ1) is 23.9. The maximum Gasteiger partial charge on any atom is 0.269 e. The van der Waals surface area contributed by atoms with Gasteiger partial charge in [0.15, 0.2) is 5.13 Å². The Balaban J connectivity index is 1.85. The second-order valence-electron chi connectivity index (χ2n) is 7.03. The Hall–Kier alpha value is -2.75. The first-order valence-corrected chi connectivity index (χ1v) is 12.4. The molecule has 3 rings (SSSR count). The SMILES string of the molecule is CCN(CC)CCN(C(=O)/C=C/c1ccc([N+](=O)[O-])cc1)c1nc2ccc(SC)cc2s1. The number of nitrogens with zero attached hydrogens (tertiary/aromatic N) is 4. The maximum atomic E-state index is 13.2. The lowest BCUT2D eigenvalue weighted by atomic mass is 10.2. The summed E-state index contributed by atoms with van der Waals surface area (Å²) in [4.78, 5) is 33.4. The van der Waals surface area contributed by atoms with E-state index in [0.29, 0.717) is 11.7 Å². The Morgan fingerprint density at radius 1 is 1.16 bits per heavy atom. The van der Waals surface area contributed by atoms with Crippen molar-refractivity contribution in [1.29, 1.82) is 0 Å². The molecule has 1 aromatic heterocycles. The van der Waals surface area contributed by atoms with E-state index in [1.807, 2.05) is 18.4 Å². The summed E-state index contributed by atoms with van der Waals surface area (Å²) in [6.45, 7) is 7.30. The summed E-state index contributed by atoms with van der Waals surface area (Å²) in [6, 6.07) is 12.2. The number of benzene rings is 2. The first-order chi connectivity index (χ1) is 15.4. The van der Waals surface area contributed by atoms with E-state index in [2.05, 4.69) is 24.8 Å². The summed E-state index contributed by atoms with van der Waals surface area (Å²) in [5.41, 5.74) is 1.62. The number of hydrogen-bond acceptors (Lipinski definition) is 7. The fourth-order valence-corrected chi connectivity index (χ4v) is 4.73. The van der Waals surface area contributed by atoms with E-state index in [4.69, 9.17) is 4.98 Å². The topological polar surface area (TPSA) is 79.6 Å². The smallest absolute Gasteiger partial charge is 0.269 e. The van der Waals surface area contributed by atoms with Crippen LogP contribution in [-0.4, -0.2) is 53.1 Å². The molecule has 0 atom stereocenters. The molecule has 9 heteroatoms. The van der Waals surface area contributed by atoms with Crippen molar-refractivity contribution in [3.8, 4) is 0 Å². The van der Waals surface area contributed by atoms with Gasteiger partial charge in [0.2, 0.25) is 0 Å². The van der Waals surface area contributed by atoms with Crippen molar-refractivity contribution in [3.05, 3.63) is 64.2 Å². The summed E-state index contributed by atoms with van der Waals surface area (Å²) in [6.07, 6.45) is 5.21. The molecule has 0 bridgehead atoms. The van der Waals surface area contributed by atoms with Crippen molar-refractivity contribution < 1.29 is 9.72 Å². The van der Waals surface area contributed by atoms with Gasteiger partial charge in [-0.05, 0) is 61.3 Å². The first-order valence-electron chi connectivity index (χ1n) is 10.4. The van der Waals surface area contributed by atoms with Crippen LogP contribution in [0.3, 0.4) is 0 Å². The van der Waals surface area contributed by atoms with Gasteiger partial charge in [0.1, 0.15) is 0 Å². The Labute approximate surface area is 195 Å². The number of amides is 1. The molecule has 1 heterocycles. The van der Waals surface area contributed by atoms with Gasteiger partial charge < -0.3 is 4.90 Å². The van der Waals surface area contributed by atoms with Crippen molar-refractivity contribution >= 4 is 56.1 Å². The van der Waals surface area contributed by atoms with E-state index >= 15 is 0 Å². The van der Waals surface area contributed by atoms with Gasteiger partial charge in [-0.25, -0.2) is 4.98 Å². The van der Waals surface area contributed by atoms with Crippen LogP contribution < -0.4 is 4.90 Å². The van der Waals surface area contributed by atoms with E-state index in [1.165, 1.54) is 29.5 Å². The van der Waals surface area contributed by atoms with Crippen LogP contribution in [0.1, 0.15) is 19.4 Å². The van der Waals surface area contributed by atoms with Crippen molar-refractivity contribution in [2.24, 2.45) is 0 Å². The number of fused-ring (bicyclic) bond motifs is 1.